The van der Waals surface area contributed by atoms with Gasteiger partial charge in [-0.05, 0) is 18.1 Å². The van der Waals surface area contributed by atoms with Gasteiger partial charge in [-0.25, -0.2) is 9.97 Å². The molecule has 0 saturated carbocycles. The van der Waals surface area contributed by atoms with E-state index in [2.05, 4.69) is 20.6 Å². The second-order valence-corrected chi connectivity index (χ2v) is 4.83. The lowest BCUT2D eigenvalue weighted by molar-refractivity contribution is 0.0944. The number of hydrogen-bond acceptors (Lipinski definition) is 5. The van der Waals surface area contributed by atoms with Crippen molar-refractivity contribution in [1.29, 1.82) is 0 Å². The number of carbonyl (C=O) groups is 1. The third kappa shape index (κ3) is 4.08. The SMILES string of the molecule is CC(C)CNC(=O)c1cc(NCc2ccco2)ncn1. The average molecular weight is 274 g/mol. The number of nitrogens with one attached hydrogen (secondary N) is 2. The Balaban J connectivity index is 1.95. The summed E-state index contributed by atoms with van der Waals surface area (Å²) in [5.74, 6) is 1.60. The van der Waals surface area contributed by atoms with Crippen LogP contribution >= 0.6 is 0 Å². The fourth-order valence-corrected chi connectivity index (χ4v) is 1.56. The lowest BCUT2D eigenvalue weighted by Gasteiger charge is -2.08. The summed E-state index contributed by atoms with van der Waals surface area (Å²) in [5, 5.41) is 5.90. The Kier molecular flexibility index (Phi) is 4.70. The van der Waals surface area contributed by atoms with E-state index in [4.69, 9.17) is 4.42 Å². The topological polar surface area (TPSA) is 80.0 Å². The fourth-order valence-electron chi connectivity index (χ4n) is 1.56. The summed E-state index contributed by atoms with van der Waals surface area (Å²) in [6.45, 7) is 5.21. The molecule has 0 unspecified atom stereocenters. The average Bonchev–Trinajstić information content (AvgIpc) is 2.96. The highest BCUT2D eigenvalue weighted by Crippen LogP contribution is 2.07. The molecule has 6 nitrogen and oxygen atoms in total. The fraction of sp³-hybridized carbons (Fsp3) is 0.357. The van der Waals surface area contributed by atoms with Gasteiger partial charge in [0.2, 0.25) is 0 Å². The molecular weight excluding hydrogens is 256 g/mol. The van der Waals surface area contributed by atoms with Gasteiger partial charge in [0.05, 0.1) is 12.8 Å². The van der Waals surface area contributed by atoms with Crippen LogP contribution in [0.2, 0.25) is 0 Å². The highest BCUT2D eigenvalue weighted by atomic mass is 16.3. The molecular formula is C14H18N4O2. The molecule has 0 saturated heterocycles. The molecule has 2 aromatic rings. The zero-order valence-corrected chi connectivity index (χ0v) is 11.6. The first kappa shape index (κ1) is 14.0. The van der Waals surface area contributed by atoms with E-state index in [1.165, 1.54) is 6.33 Å². The maximum absolute atomic E-state index is 11.9. The Morgan fingerprint density at radius 1 is 1.40 bits per heavy atom. The third-order valence-corrected chi connectivity index (χ3v) is 2.59. The van der Waals surface area contributed by atoms with Crippen LogP contribution in [0.25, 0.3) is 0 Å². The quantitative estimate of drug-likeness (QED) is 0.843. The van der Waals surface area contributed by atoms with Crippen molar-refractivity contribution in [1.82, 2.24) is 15.3 Å². The minimum Gasteiger partial charge on any atom is -0.467 e. The Hall–Kier alpha value is -2.37. The van der Waals surface area contributed by atoms with E-state index in [9.17, 15) is 4.79 Å². The molecule has 0 fully saturated rings. The first-order valence-electron chi connectivity index (χ1n) is 6.51. The molecule has 0 bridgehead atoms. The van der Waals surface area contributed by atoms with Crippen LogP contribution in [0.3, 0.4) is 0 Å². The smallest absolute Gasteiger partial charge is 0.270 e. The molecule has 20 heavy (non-hydrogen) atoms. The lowest BCUT2D eigenvalue weighted by atomic mass is 10.2. The molecule has 0 atom stereocenters. The van der Waals surface area contributed by atoms with Gasteiger partial charge >= 0.3 is 0 Å². The minimum absolute atomic E-state index is 0.192. The van der Waals surface area contributed by atoms with Gasteiger partial charge < -0.3 is 15.1 Å². The molecule has 1 amide bonds. The van der Waals surface area contributed by atoms with Crippen molar-refractivity contribution in [3.8, 4) is 0 Å². The van der Waals surface area contributed by atoms with Gasteiger partial charge in [0.15, 0.2) is 0 Å². The van der Waals surface area contributed by atoms with Crippen LogP contribution in [-0.4, -0.2) is 22.4 Å². The zero-order chi connectivity index (χ0) is 14.4. The molecule has 106 valence electrons. The van der Waals surface area contributed by atoms with E-state index < -0.39 is 0 Å². The summed E-state index contributed by atoms with van der Waals surface area (Å²) < 4.78 is 5.21. The molecule has 2 heterocycles. The van der Waals surface area contributed by atoms with Crippen LogP contribution in [0, 0.1) is 5.92 Å². The standard InChI is InChI=1S/C14H18N4O2/c1-10(2)7-16-14(19)12-6-13(18-9-17-12)15-8-11-4-3-5-20-11/h3-6,9-10H,7-8H2,1-2H3,(H,16,19)(H,15,17,18). The number of nitrogens with zero attached hydrogens (tertiary/aromatic N) is 2. The van der Waals surface area contributed by atoms with Gasteiger partial charge in [0.1, 0.15) is 23.6 Å². The number of rotatable bonds is 6. The van der Waals surface area contributed by atoms with Crippen molar-refractivity contribution >= 4 is 11.7 Å². The number of anilines is 1. The Labute approximate surface area is 117 Å². The molecule has 0 aliphatic rings. The van der Waals surface area contributed by atoms with E-state index in [-0.39, 0.29) is 5.91 Å². The van der Waals surface area contributed by atoms with Gasteiger partial charge in [-0.3, -0.25) is 4.79 Å². The maximum Gasteiger partial charge on any atom is 0.270 e. The van der Waals surface area contributed by atoms with Crippen molar-refractivity contribution < 1.29 is 9.21 Å². The van der Waals surface area contributed by atoms with Gasteiger partial charge in [0.25, 0.3) is 5.91 Å². The van der Waals surface area contributed by atoms with Crippen molar-refractivity contribution in [3.63, 3.8) is 0 Å². The molecule has 2 aromatic heterocycles. The molecule has 6 heteroatoms. The normalized spacial score (nSPS) is 10.6. The molecule has 0 spiro atoms. The predicted molar refractivity (Wildman–Crippen MR) is 75.2 cm³/mol. The number of hydrogen-bond donors (Lipinski definition) is 2. The summed E-state index contributed by atoms with van der Waals surface area (Å²) in [4.78, 5) is 19.9. The van der Waals surface area contributed by atoms with E-state index in [1.54, 1.807) is 12.3 Å². The molecule has 0 aromatic carbocycles. The van der Waals surface area contributed by atoms with Crippen LogP contribution in [-0.2, 0) is 6.54 Å². The second kappa shape index (κ2) is 6.70. The number of carbonyl (C=O) groups excluding carboxylic acids is 1. The Morgan fingerprint density at radius 2 is 2.25 bits per heavy atom. The Bertz CT molecular complexity index is 552. The molecule has 2 rings (SSSR count). The van der Waals surface area contributed by atoms with E-state index >= 15 is 0 Å². The van der Waals surface area contributed by atoms with Gasteiger partial charge in [-0.1, -0.05) is 13.8 Å². The summed E-state index contributed by atoms with van der Waals surface area (Å²) in [5.41, 5.74) is 0.350. The summed E-state index contributed by atoms with van der Waals surface area (Å²) in [7, 11) is 0. The minimum atomic E-state index is -0.192. The molecule has 0 radical (unpaired) electrons. The van der Waals surface area contributed by atoms with E-state index in [0.29, 0.717) is 30.5 Å². The van der Waals surface area contributed by atoms with Gasteiger partial charge in [-0.2, -0.15) is 0 Å². The first-order chi connectivity index (χ1) is 9.65. The van der Waals surface area contributed by atoms with Crippen molar-refractivity contribution in [3.05, 3.63) is 42.2 Å². The van der Waals surface area contributed by atoms with Crippen LogP contribution in [0.4, 0.5) is 5.82 Å². The third-order valence-electron chi connectivity index (χ3n) is 2.59. The molecule has 0 aliphatic heterocycles. The predicted octanol–water partition coefficient (Wildman–Crippen LogP) is 2.07. The van der Waals surface area contributed by atoms with Crippen molar-refractivity contribution in [2.45, 2.75) is 20.4 Å². The van der Waals surface area contributed by atoms with E-state index in [1.807, 2.05) is 26.0 Å². The van der Waals surface area contributed by atoms with Crippen LogP contribution in [0.1, 0.15) is 30.1 Å². The summed E-state index contributed by atoms with van der Waals surface area (Å²) in [6.07, 6.45) is 2.98. The number of aromatic nitrogens is 2. The maximum atomic E-state index is 11.9. The van der Waals surface area contributed by atoms with E-state index in [0.717, 1.165) is 5.76 Å². The monoisotopic (exact) mass is 274 g/mol. The van der Waals surface area contributed by atoms with Crippen molar-refractivity contribution in [2.75, 3.05) is 11.9 Å². The lowest BCUT2D eigenvalue weighted by Crippen LogP contribution is -2.28. The van der Waals surface area contributed by atoms with Gasteiger partial charge in [0, 0.05) is 12.6 Å². The van der Waals surface area contributed by atoms with Crippen molar-refractivity contribution in [2.24, 2.45) is 5.92 Å². The summed E-state index contributed by atoms with van der Waals surface area (Å²) in [6, 6.07) is 5.31. The Morgan fingerprint density at radius 3 is 2.95 bits per heavy atom. The van der Waals surface area contributed by atoms with Crippen LogP contribution < -0.4 is 10.6 Å². The number of furan rings is 1. The number of amides is 1. The highest BCUT2D eigenvalue weighted by molar-refractivity contribution is 5.92. The van der Waals surface area contributed by atoms with Crippen LogP contribution in [0.5, 0.6) is 0 Å². The zero-order valence-electron chi connectivity index (χ0n) is 11.6. The highest BCUT2D eigenvalue weighted by Gasteiger charge is 2.09. The molecule has 0 aliphatic carbocycles. The van der Waals surface area contributed by atoms with Gasteiger partial charge in [-0.15, -0.1) is 0 Å². The largest absolute Gasteiger partial charge is 0.467 e. The molecule has 2 N–H and O–H groups in total. The summed E-state index contributed by atoms with van der Waals surface area (Å²) >= 11 is 0. The second-order valence-electron chi connectivity index (χ2n) is 4.83. The van der Waals surface area contributed by atoms with Crippen LogP contribution in [0.15, 0.2) is 35.2 Å². The first-order valence-corrected chi connectivity index (χ1v) is 6.51.